The number of hydrogen-bond donors (Lipinski definition) is 2. The number of ether oxygens (including phenoxy) is 1. The molecule has 0 aromatic heterocycles. The highest BCUT2D eigenvalue weighted by Crippen LogP contribution is 2.31. The summed E-state index contributed by atoms with van der Waals surface area (Å²) < 4.78 is 32.6. The Labute approximate surface area is 126 Å². The molecule has 1 aromatic rings. The number of nitrogens with one attached hydrogen (secondary N) is 1. The first-order valence-electron chi connectivity index (χ1n) is 7.34. The van der Waals surface area contributed by atoms with Gasteiger partial charge in [0, 0.05) is 18.7 Å². The van der Waals surface area contributed by atoms with Gasteiger partial charge in [0.15, 0.2) is 0 Å². The third-order valence-electron chi connectivity index (χ3n) is 4.36. The van der Waals surface area contributed by atoms with Crippen LogP contribution in [0.2, 0.25) is 0 Å². The van der Waals surface area contributed by atoms with Crippen molar-refractivity contribution in [1.29, 1.82) is 0 Å². The predicted octanol–water partition coefficient (Wildman–Crippen LogP) is 1.87. The fourth-order valence-corrected chi connectivity index (χ4v) is 4.05. The lowest BCUT2D eigenvalue weighted by atomic mass is 9.99. The van der Waals surface area contributed by atoms with Gasteiger partial charge in [-0.1, -0.05) is 19.8 Å². The number of benzene rings is 1. The van der Waals surface area contributed by atoms with E-state index in [1.165, 1.54) is 12.8 Å². The van der Waals surface area contributed by atoms with E-state index in [1.54, 1.807) is 25.3 Å². The molecule has 1 saturated carbocycles. The molecule has 0 radical (unpaired) electrons. The maximum atomic E-state index is 12.4. The SMILES string of the molecule is COc1ccc(S(=O)(=O)NCC2CCCC2C)cc1CN. The Kier molecular flexibility index (Phi) is 5.24. The molecule has 21 heavy (non-hydrogen) atoms. The fourth-order valence-electron chi connectivity index (χ4n) is 2.91. The second-order valence-electron chi connectivity index (χ2n) is 5.70. The van der Waals surface area contributed by atoms with Gasteiger partial charge in [0.25, 0.3) is 0 Å². The Morgan fingerprint density at radius 1 is 1.38 bits per heavy atom. The average molecular weight is 312 g/mol. The number of rotatable bonds is 6. The minimum absolute atomic E-state index is 0.242. The first-order valence-corrected chi connectivity index (χ1v) is 8.83. The maximum absolute atomic E-state index is 12.4. The van der Waals surface area contributed by atoms with E-state index in [-0.39, 0.29) is 11.4 Å². The van der Waals surface area contributed by atoms with Gasteiger partial charge in [-0.3, -0.25) is 0 Å². The van der Waals surface area contributed by atoms with E-state index in [4.69, 9.17) is 10.5 Å². The summed E-state index contributed by atoms with van der Waals surface area (Å²) in [6.45, 7) is 2.94. The lowest BCUT2D eigenvalue weighted by Crippen LogP contribution is -2.30. The molecule has 0 amide bonds. The van der Waals surface area contributed by atoms with E-state index in [0.29, 0.717) is 29.7 Å². The van der Waals surface area contributed by atoms with E-state index < -0.39 is 10.0 Å². The van der Waals surface area contributed by atoms with Crippen molar-refractivity contribution < 1.29 is 13.2 Å². The van der Waals surface area contributed by atoms with Crippen LogP contribution in [0.25, 0.3) is 0 Å². The topological polar surface area (TPSA) is 81.4 Å². The van der Waals surface area contributed by atoms with Gasteiger partial charge in [0.1, 0.15) is 5.75 Å². The number of sulfonamides is 1. The largest absolute Gasteiger partial charge is 0.496 e. The zero-order valence-electron chi connectivity index (χ0n) is 12.6. The van der Waals surface area contributed by atoms with Gasteiger partial charge in [-0.15, -0.1) is 0 Å². The first kappa shape index (κ1) is 16.3. The number of methoxy groups -OCH3 is 1. The zero-order chi connectivity index (χ0) is 15.5. The average Bonchev–Trinajstić information content (AvgIpc) is 2.89. The molecule has 118 valence electrons. The molecule has 2 rings (SSSR count). The normalized spacial score (nSPS) is 22.4. The summed E-state index contributed by atoms with van der Waals surface area (Å²) in [6.07, 6.45) is 3.47. The van der Waals surface area contributed by atoms with Crippen molar-refractivity contribution in [1.82, 2.24) is 4.72 Å². The van der Waals surface area contributed by atoms with Gasteiger partial charge >= 0.3 is 0 Å². The lowest BCUT2D eigenvalue weighted by Gasteiger charge is -2.16. The third kappa shape index (κ3) is 3.75. The van der Waals surface area contributed by atoms with Crippen molar-refractivity contribution in [3.05, 3.63) is 23.8 Å². The lowest BCUT2D eigenvalue weighted by molar-refractivity contribution is 0.409. The zero-order valence-corrected chi connectivity index (χ0v) is 13.4. The van der Waals surface area contributed by atoms with E-state index in [1.807, 2.05) is 0 Å². The van der Waals surface area contributed by atoms with Crippen LogP contribution in [0.4, 0.5) is 0 Å². The van der Waals surface area contributed by atoms with Crippen LogP contribution in [0.3, 0.4) is 0 Å². The van der Waals surface area contributed by atoms with Crippen molar-refractivity contribution in [3.8, 4) is 5.75 Å². The smallest absolute Gasteiger partial charge is 0.240 e. The molecule has 2 atom stereocenters. The summed E-state index contributed by atoms with van der Waals surface area (Å²) in [6, 6.07) is 4.78. The Bertz CT molecular complexity index is 587. The molecule has 0 spiro atoms. The Morgan fingerprint density at radius 3 is 2.71 bits per heavy atom. The first-order chi connectivity index (χ1) is 9.97. The molecule has 1 aromatic carbocycles. The summed E-state index contributed by atoms with van der Waals surface area (Å²) >= 11 is 0. The monoisotopic (exact) mass is 312 g/mol. The molecule has 1 aliphatic carbocycles. The second kappa shape index (κ2) is 6.77. The summed E-state index contributed by atoms with van der Waals surface area (Å²) in [4.78, 5) is 0.245. The van der Waals surface area contributed by atoms with Crippen molar-refractivity contribution in [2.75, 3.05) is 13.7 Å². The minimum atomic E-state index is -3.49. The Hall–Kier alpha value is -1.11. The predicted molar refractivity (Wildman–Crippen MR) is 82.6 cm³/mol. The summed E-state index contributed by atoms with van der Waals surface area (Å²) in [7, 11) is -1.95. The standard InChI is InChI=1S/C15H24N2O3S/c1-11-4-3-5-12(11)10-17-21(18,19)14-6-7-15(20-2)13(8-14)9-16/h6-8,11-12,17H,3-5,9-10,16H2,1-2H3. The van der Waals surface area contributed by atoms with Crippen LogP contribution in [-0.2, 0) is 16.6 Å². The van der Waals surface area contributed by atoms with Gasteiger partial charge in [0.05, 0.1) is 12.0 Å². The van der Waals surface area contributed by atoms with Crippen molar-refractivity contribution in [2.45, 2.75) is 37.6 Å². The van der Waals surface area contributed by atoms with Crippen LogP contribution < -0.4 is 15.2 Å². The van der Waals surface area contributed by atoms with Crippen LogP contribution in [0.1, 0.15) is 31.7 Å². The fraction of sp³-hybridized carbons (Fsp3) is 0.600. The second-order valence-corrected chi connectivity index (χ2v) is 7.46. The molecule has 1 fully saturated rings. The van der Waals surface area contributed by atoms with Crippen LogP contribution >= 0.6 is 0 Å². The molecule has 6 heteroatoms. The number of hydrogen-bond acceptors (Lipinski definition) is 4. The van der Waals surface area contributed by atoms with Gasteiger partial charge in [-0.25, -0.2) is 13.1 Å². The molecule has 0 heterocycles. The summed E-state index contributed by atoms with van der Waals surface area (Å²) in [5, 5.41) is 0. The van der Waals surface area contributed by atoms with E-state index >= 15 is 0 Å². The molecule has 0 saturated heterocycles. The van der Waals surface area contributed by atoms with Gasteiger partial charge in [-0.2, -0.15) is 0 Å². The molecule has 1 aliphatic rings. The molecular weight excluding hydrogens is 288 g/mol. The summed E-state index contributed by atoms with van der Waals surface area (Å²) in [5.74, 6) is 1.64. The van der Waals surface area contributed by atoms with Gasteiger partial charge in [-0.05, 0) is 36.5 Å². The summed E-state index contributed by atoms with van der Waals surface area (Å²) in [5.41, 5.74) is 6.32. The number of nitrogens with two attached hydrogens (primary N) is 1. The van der Waals surface area contributed by atoms with Crippen LogP contribution in [0.15, 0.2) is 23.1 Å². The van der Waals surface area contributed by atoms with Gasteiger partial charge < -0.3 is 10.5 Å². The molecule has 3 N–H and O–H groups in total. The van der Waals surface area contributed by atoms with E-state index in [0.717, 1.165) is 6.42 Å². The van der Waals surface area contributed by atoms with Crippen LogP contribution in [0.5, 0.6) is 5.75 Å². The molecule has 0 aliphatic heterocycles. The highest BCUT2D eigenvalue weighted by Gasteiger charge is 2.25. The van der Waals surface area contributed by atoms with Gasteiger partial charge in [0.2, 0.25) is 10.0 Å². The molecular formula is C15H24N2O3S. The van der Waals surface area contributed by atoms with Crippen LogP contribution in [0, 0.1) is 11.8 Å². The van der Waals surface area contributed by atoms with E-state index in [9.17, 15) is 8.42 Å². The quantitative estimate of drug-likeness (QED) is 0.840. The molecule has 2 unspecified atom stereocenters. The van der Waals surface area contributed by atoms with Crippen LogP contribution in [-0.4, -0.2) is 22.1 Å². The minimum Gasteiger partial charge on any atom is -0.496 e. The van der Waals surface area contributed by atoms with Crippen molar-refractivity contribution in [3.63, 3.8) is 0 Å². The Morgan fingerprint density at radius 2 is 2.14 bits per heavy atom. The highest BCUT2D eigenvalue weighted by molar-refractivity contribution is 7.89. The highest BCUT2D eigenvalue weighted by atomic mass is 32.2. The maximum Gasteiger partial charge on any atom is 0.240 e. The van der Waals surface area contributed by atoms with E-state index in [2.05, 4.69) is 11.6 Å². The Balaban J connectivity index is 2.11. The third-order valence-corrected chi connectivity index (χ3v) is 5.78. The molecule has 5 nitrogen and oxygen atoms in total. The van der Waals surface area contributed by atoms with Crippen molar-refractivity contribution in [2.24, 2.45) is 17.6 Å². The van der Waals surface area contributed by atoms with Crippen molar-refractivity contribution >= 4 is 10.0 Å². The molecule has 0 bridgehead atoms.